The molecule has 0 spiro atoms. The zero-order chi connectivity index (χ0) is 18.9. The second kappa shape index (κ2) is 10.2. The average molecular weight is 375 g/mol. The lowest BCUT2D eigenvalue weighted by molar-refractivity contribution is -0.169. The number of hydrogen-bond donors (Lipinski definition) is 1. The van der Waals surface area contributed by atoms with Gasteiger partial charge in [-0.1, -0.05) is 18.7 Å². The van der Waals surface area contributed by atoms with Crippen molar-refractivity contribution in [2.75, 3.05) is 25.7 Å². The van der Waals surface area contributed by atoms with Gasteiger partial charge in [-0.25, -0.2) is 4.79 Å². The van der Waals surface area contributed by atoms with Crippen LogP contribution < -0.4 is 0 Å². The third-order valence-electron chi connectivity index (χ3n) is 3.89. The molecule has 0 heterocycles. The highest BCUT2D eigenvalue weighted by molar-refractivity contribution is 6.18. The number of carbonyl (C=O) groups is 3. The molecule has 0 radical (unpaired) electrons. The predicted octanol–water partition coefficient (Wildman–Crippen LogP) is 1.37. The van der Waals surface area contributed by atoms with Crippen molar-refractivity contribution >= 4 is 29.5 Å². The van der Waals surface area contributed by atoms with Gasteiger partial charge in [-0.2, -0.15) is 0 Å². The Labute approximate surface area is 151 Å². The van der Waals surface area contributed by atoms with E-state index < -0.39 is 35.3 Å². The SMILES string of the molecule is C=CC(=O)OCCOC(=O)C1C=CCCC1(C)C(=O)OCC(O)CCl. The number of hydrogen-bond acceptors (Lipinski definition) is 7. The number of halogens is 1. The van der Waals surface area contributed by atoms with E-state index in [0.29, 0.717) is 12.8 Å². The summed E-state index contributed by atoms with van der Waals surface area (Å²) in [4.78, 5) is 35.6. The molecule has 0 aliphatic heterocycles. The van der Waals surface area contributed by atoms with Gasteiger partial charge in [-0.15, -0.1) is 11.6 Å². The summed E-state index contributed by atoms with van der Waals surface area (Å²) >= 11 is 5.47. The molecule has 3 unspecified atom stereocenters. The summed E-state index contributed by atoms with van der Waals surface area (Å²) < 4.78 is 14.9. The highest BCUT2D eigenvalue weighted by atomic mass is 35.5. The molecule has 1 rings (SSSR count). The minimum atomic E-state index is -1.10. The van der Waals surface area contributed by atoms with Crippen molar-refractivity contribution < 1.29 is 33.7 Å². The van der Waals surface area contributed by atoms with Crippen LogP contribution in [0.4, 0.5) is 0 Å². The second-order valence-electron chi connectivity index (χ2n) is 5.81. The van der Waals surface area contributed by atoms with Gasteiger partial charge < -0.3 is 19.3 Å². The highest BCUT2D eigenvalue weighted by Crippen LogP contribution is 2.39. The first-order chi connectivity index (χ1) is 11.8. The fourth-order valence-corrected chi connectivity index (χ4v) is 2.45. The summed E-state index contributed by atoms with van der Waals surface area (Å²) in [5.41, 5.74) is -1.10. The van der Waals surface area contributed by atoms with E-state index in [0.717, 1.165) is 6.08 Å². The van der Waals surface area contributed by atoms with Crippen LogP contribution in [0.2, 0.25) is 0 Å². The molecule has 0 amide bonds. The number of alkyl halides is 1. The van der Waals surface area contributed by atoms with Gasteiger partial charge >= 0.3 is 17.9 Å². The number of ether oxygens (including phenoxy) is 3. The molecule has 1 N–H and O–H groups in total. The summed E-state index contributed by atoms with van der Waals surface area (Å²) in [7, 11) is 0. The van der Waals surface area contributed by atoms with E-state index in [9.17, 15) is 19.5 Å². The van der Waals surface area contributed by atoms with Crippen molar-refractivity contribution in [1.29, 1.82) is 0 Å². The van der Waals surface area contributed by atoms with E-state index in [2.05, 4.69) is 6.58 Å². The number of carbonyl (C=O) groups excluding carboxylic acids is 3. The Kier molecular flexibility index (Phi) is 8.65. The van der Waals surface area contributed by atoms with Crippen molar-refractivity contribution in [2.45, 2.75) is 25.9 Å². The Balaban J connectivity index is 2.64. The monoisotopic (exact) mass is 374 g/mol. The van der Waals surface area contributed by atoms with Crippen LogP contribution in [0.3, 0.4) is 0 Å². The Bertz CT molecular complexity index is 531. The zero-order valence-corrected chi connectivity index (χ0v) is 14.9. The molecule has 8 heteroatoms. The lowest BCUT2D eigenvalue weighted by Crippen LogP contribution is -2.43. The normalized spacial score (nSPS) is 23.4. The van der Waals surface area contributed by atoms with Crippen molar-refractivity contribution in [3.63, 3.8) is 0 Å². The average Bonchev–Trinajstić information content (AvgIpc) is 2.62. The molecule has 0 saturated carbocycles. The largest absolute Gasteiger partial charge is 0.462 e. The van der Waals surface area contributed by atoms with Crippen LogP contribution in [-0.4, -0.2) is 54.8 Å². The van der Waals surface area contributed by atoms with Gasteiger partial charge in [0, 0.05) is 6.08 Å². The van der Waals surface area contributed by atoms with Crippen LogP contribution >= 0.6 is 11.6 Å². The van der Waals surface area contributed by atoms with Crippen LogP contribution in [0, 0.1) is 11.3 Å². The molecule has 1 aliphatic carbocycles. The van der Waals surface area contributed by atoms with E-state index in [4.69, 9.17) is 25.8 Å². The Hall–Kier alpha value is -1.86. The van der Waals surface area contributed by atoms with Crippen molar-refractivity contribution in [1.82, 2.24) is 0 Å². The van der Waals surface area contributed by atoms with Crippen molar-refractivity contribution in [3.05, 3.63) is 24.8 Å². The standard InChI is InChI=1S/C17H23ClO7/c1-3-14(20)23-8-9-24-15(21)13-6-4-5-7-17(13,2)16(22)25-11-12(19)10-18/h3-4,6,12-13,19H,1,5,7-11H2,2H3. The number of allylic oxidation sites excluding steroid dienone is 1. The van der Waals surface area contributed by atoms with E-state index in [1.165, 1.54) is 0 Å². The van der Waals surface area contributed by atoms with Crippen LogP contribution in [0.15, 0.2) is 24.8 Å². The minimum Gasteiger partial charge on any atom is -0.462 e. The third kappa shape index (κ3) is 6.17. The van der Waals surface area contributed by atoms with Gasteiger partial charge in [0.05, 0.1) is 17.2 Å². The number of aliphatic hydroxyl groups excluding tert-OH is 1. The number of rotatable bonds is 9. The first-order valence-electron chi connectivity index (χ1n) is 7.89. The molecule has 3 atom stereocenters. The predicted molar refractivity (Wildman–Crippen MR) is 89.8 cm³/mol. The number of esters is 3. The molecule has 0 aromatic heterocycles. The minimum absolute atomic E-state index is 0.0567. The van der Waals surface area contributed by atoms with E-state index in [1.54, 1.807) is 19.1 Å². The summed E-state index contributed by atoms with van der Waals surface area (Å²) in [6.07, 6.45) is 4.48. The Morgan fingerprint density at radius 1 is 1.36 bits per heavy atom. The maximum absolute atomic E-state index is 12.4. The molecule has 7 nitrogen and oxygen atoms in total. The van der Waals surface area contributed by atoms with Crippen LogP contribution in [0.5, 0.6) is 0 Å². The maximum atomic E-state index is 12.4. The van der Waals surface area contributed by atoms with Gasteiger partial charge in [0.2, 0.25) is 0 Å². The summed E-state index contributed by atoms with van der Waals surface area (Å²) in [5.74, 6) is -2.69. The van der Waals surface area contributed by atoms with Gasteiger partial charge in [0.25, 0.3) is 0 Å². The quantitative estimate of drug-likeness (QED) is 0.162. The Morgan fingerprint density at radius 3 is 2.68 bits per heavy atom. The molecule has 0 aromatic carbocycles. The molecular formula is C17H23ClO7. The fraction of sp³-hybridized carbons (Fsp3) is 0.588. The van der Waals surface area contributed by atoms with Gasteiger partial charge in [-0.05, 0) is 19.8 Å². The molecule has 0 fully saturated rings. The molecule has 0 aromatic rings. The first-order valence-corrected chi connectivity index (χ1v) is 8.42. The molecule has 25 heavy (non-hydrogen) atoms. The van der Waals surface area contributed by atoms with Crippen LogP contribution in [0.1, 0.15) is 19.8 Å². The fourth-order valence-electron chi connectivity index (χ4n) is 2.37. The summed E-state index contributed by atoms with van der Waals surface area (Å²) in [5, 5.41) is 9.41. The van der Waals surface area contributed by atoms with E-state index >= 15 is 0 Å². The van der Waals surface area contributed by atoms with Crippen molar-refractivity contribution in [2.24, 2.45) is 11.3 Å². The molecule has 0 bridgehead atoms. The molecule has 1 aliphatic rings. The Morgan fingerprint density at radius 2 is 2.04 bits per heavy atom. The highest BCUT2D eigenvalue weighted by Gasteiger charge is 2.47. The maximum Gasteiger partial charge on any atom is 0.330 e. The van der Waals surface area contributed by atoms with Crippen LogP contribution in [0.25, 0.3) is 0 Å². The summed E-state index contributed by atoms with van der Waals surface area (Å²) in [6, 6.07) is 0. The van der Waals surface area contributed by atoms with Crippen LogP contribution in [-0.2, 0) is 28.6 Å². The van der Waals surface area contributed by atoms with E-state index in [1.807, 2.05) is 0 Å². The topological polar surface area (TPSA) is 99.1 Å². The molecule has 140 valence electrons. The lowest BCUT2D eigenvalue weighted by Gasteiger charge is -2.34. The third-order valence-corrected chi connectivity index (χ3v) is 4.25. The number of aliphatic hydroxyl groups is 1. The first kappa shape index (κ1) is 21.2. The van der Waals surface area contributed by atoms with E-state index in [-0.39, 0.29) is 25.7 Å². The van der Waals surface area contributed by atoms with Gasteiger partial charge in [0.1, 0.15) is 25.9 Å². The van der Waals surface area contributed by atoms with Gasteiger partial charge in [0.15, 0.2) is 0 Å². The summed E-state index contributed by atoms with van der Waals surface area (Å²) in [6.45, 7) is 4.41. The smallest absolute Gasteiger partial charge is 0.330 e. The van der Waals surface area contributed by atoms with Crippen molar-refractivity contribution in [3.8, 4) is 0 Å². The lowest BCUT2D eigenvalue weighted by atomic mass is 9.70. The molecule has 0 saturated heterocycles. The molecular weight excluding hydrogens is 352 g/mol. The van der Waals surface area contributed by atoms with Gasteiger partial charge in [-0.3, -0.25) is 9.59 Å². The zero-order valence-electron chi connectivity index (χ0n) is 14.1. The second-order valence-corrected chi connectivity index (χ2v) is 6.12.